The van der Waals surface area contributed by atoms with Crippen molar-refractivity contribution >= 4 is 16.8 Å². The second-order valence-electron chi connectivity index (χ2n) is 8.04. The molecule has 3 aromatic rings. The summed E-state index contributed by atoms with van der Waals surface area (Å²) in [4.78, 5) is 34.7. The van der Waals surface area contributed by atoms with Gasteiger partial charge in [0.2, 0.25) is 0 Å². The average Bonchev–Trinajstić information content (AvgIpc) is 3.30. The molecule has 7 heteroatoms. The number of likely N-dealkylation sites (tertiary alicyclic amines) is 1. The van der Waals surface area contributed by atoms with Crippen LogP contribution in [0.3, 0.4) is 0 Å². The van der Waals surface area contributed by atoms with Gasteiger partial charge >= 0.3 is 0 Å². The van der Waals surface area contributed by atoms with E-state index in [2.05, 4.69) is 40.9 Å². The number of carbonyl (C=O) groups excluding carboxylic acids is 1. The van der Waals surface area contributed by atoms with E-state index < -0.39 is 0 Å². The Balaban J connectivity index is 1.67. The van der Waals surface area contributed by atoms with Crippen LogP contribution < -0.4 is 5.56 Å². The molecule has 0 spiro atoms. The molecular formula is C20H23N5O2. The Morgan fingerprint density at radius 3 is 2.78 bits per heavy atom. The Hall–Kier alpha value is -2.96. The van der Waals surface area contributed by atoms with Crippen LogP contribution in [0.2, 0.25) is 0 Å². The van der Waals surface area contributed by atoms with Gasteiger partial charge in [-0.1, -0.05) is 32.9 Å². The maximum absolute atomic E-state index is 13.0. The van der Waals surface area contributed by atoms with Gasteiger partial charge in [0.15, 0.2) is 0 Å². The summed E-state index contributed by atoms with van der Waals surface area (Å²) < 4.78 is 0. The van der Waals surface area contributed by atoms with Gasteiger partial charge in [-0.05, 0) is 31.0 Å². The van der Waals surface area contributed by atoms with Crippen LogP contribution in [0.1, 0.15) is 61.7 Å². The Bertz CT molecular complexity index is 1060. The van der Waals surface area contributed by atoms with Gasteiger partial charge in [-0.3, -0.25) is 14.7 Å². The van der Waals surface area contributed by atoms with Crippen molar-refractivity contribution in [1.29, 1.82) is 0 Å². The molecule has 27 heavy (non-hydrogen) atoms. The smallest absolute Gasteiger partial charge is 0.274 e. The first kappa shape index (κ1) is 17.5. The molecule has 1 aromatic carbocycles. The SMILES string of the molecule is CC(C)(C)c1cc(C(=O)N2CCCC2c2nc3ccccc3c(=O)[nH]2)n[nH]1. The number of amides is 1. The monoisotopic (exact) mass is 365 g/mol. The quantitative estimate of drug-likeness (QED) is 0.730. The fourth-order valence-electron chi connectivity index (χ4n) is 3.52. The van der Waals surface area contributed by atoms with E-state index in [4.69, 9.17) is 0 Å². The number of para-hydroxylation sites is 1. The molecule has 2 N–H and O–H groups in total. The highest BCUT2D eigenvalue weighted by Crippen LogP contribution is 2.31. The molecule has 1 aliphatic heterocycles. The first-order valence-electron chi connectivity index (χ1n) is 9.20. The van der Waals surface area contributed by atoms with Gasteiger partial charge in [-0.15, -0.1) is 0 Å². The van der Waals surface area contributed by atoms with Gasteiger partial charge in [-0.25, -0.2) is 4.98 Å². The highest BCUT2D eigenvalue weighted by molar-refractivity contribution is 5.93. The van der Waals surface area contributed by atoms with Crippen molar-refractivity contribution in [1.82, 2.24) is 25.1 Å². The zero-order chi connectivity index (χ0) is 19.2. The Morgan fingerprint density at radius 2 is 2.04 bits per heavy atom. The van der Waals surface area contributed by atoms with Crippen molar-refractivity contribution in [3.8, 4) is 0 Å². The van der Waals surface area contributed by atoms with Crippen molar-refractivity contribution in [2.45, 2.75) is 45.1 Å². The summed E-state index contributed by atoms with van der Waals surface area (Å²) >= 11 is 0. The summed E-state index contributed by atoms with van der Waals surface area (Å²) in [6, 6.07) is 8.81. The van der Waals surface area contributed by atoms with Gasteiger partial charge in [0.05, 0.1) is 16.9 Å². The van der Waals surface area contributed by atoms with E-state index in [0.29, 0.717) is 29.0 Å². The number of nitrogens with one attached hydrogen (secondary N) is 2. The molecule has 1 unspecified atom stereocenters. The minimum atomic E-state index is -0.246. The van der Waals surface area contributed by atoms with Gasteiger partial charge in [0.1, 0.15) is 11.5 Å². The van der Waals surface area contributed by atoms with Gasteiger partial charge in [0, 0.05) is 17.7 Å². The van der Waals surface area contributed by atoms with Gasteiger partial charge in [-0.2, -0.15) is 5.10 Å². The molecule has 0 radical (unpaired) electrons. The number of benzene rings is 1. The van der Waals surface area contributed by atoms with Crippen molar-refractivity contribution in [2.75, 3.05) is 6.54 Å². The lowest BCUT2D eigenvalue weighted by Crippen LogP contribution is -2.32. The van der Waals surface area contributed by atoms with Crippen molar-refractivity contribution in [3.63, 3.8) is 0 Å². The molecule has 1 saturated heterocycles. The first-order chi connectivity index (χ1) is 12.8. The van der Waals surface area contributed by atoms with E-state index in [1.807, 2.05) is 24.3 Å². The van der Waals surface area contributed by atoms with Crippen LogP contribution in [-0.4, -0.2) is 37.5 Å². The number of aromatic nitrogens is 4. The third kappa shape index (κ3) is 3.13. The zero-order valence-corrected chi connectivity index (χ0v) is 15.7. The molecule has 1 aliphatic rings. The van der Waals surface area contributed by atoms with Crippen LogP contribution in [0.4, 0.5) is 0 Å². The minimum Gasteiger partial charge on any atom is -0.327 e. The summed E-state index contributed by atoms with van der Waals surface area (Å²) in [7, 11) is 0. The molecule has 0 bridgehead atoms. The number of H-pyrrole nitrogens is 2. The van der Waals surface area contributed by atoms with E-state index in [0.717, 1.165) is 18.5 Å². The average molecular weight is 365 g/mol. The number of nitrogens with zero attached hydrogens (tertiary/aromatic N) is 3. The van der Waals surface area contributed by atoms with E-state index >= 15 is 0 Å². The van der Waals surface area contributed by atoms with Crippen LogP contribution in [0, 0.1) is 0 Å². The number of hydrogen-bond acceptors (Lipinski definition) is 4. The lowest BCUT2D eigenvalue weighted by Gasteiger charge is -2.23. The number of aromatic amines is 2. The fourth-order valence-corrected chi connectivity index (χ4v) is 3.52. The first-order valence-corrected chi connectivity index (χ1v) is 9.20. The molecule has 7 nitrogen and oxygen atoms in total. The molecule has 0 aliphatic carbocycles. The van der Waals surface area contributed by atoms with Crippen molar-refractivity contribution in [3.05, 3.63) is 57.9 Å². The van der Waals surface area contributed by atoms with Crippen LogP contribution in [0.25, 0.3) is 10.9 Å². The molecule has 1 fully saturated rings. The van der Waals surface area contributed by atoms with Crippen molar-refractivity contribution < 1.29 is 4.79 Å². The lowest BCUT2D eigenvalue weighted by atomic mass is 9.92. The predicted molar refractivity (Wildman–Crippen MR) is 103 cm³/mol. The Morgan fingerprint density at radius 1 is 1.26 bits per heavy atom. The fraction of sp³-hybridized carbons (Fsp3) is 0.400. The normalized spacial score (nSPS) is 17.6. The minimum absolute atomic E-state index is 0.110. The highest BCUT2D eigenvalue weighted by atomic mass is 16.2. The molecule has 4 rings (SSSR count). The highest BCUT2D eigenvalue weighted by Gasteiger charge is 2.34. The molecule has 1 amide bonds. The summed E-state index contributed by atoms with van der Waals surface area (Å²) in [6.07, 6.45) is 1.63. The standard InChI is InChI=1S/C20H23N5O2/c1-20(2,3)16-11-14(23-24-16)19(27)25-10-6-9-15(25)17-21-13-8-5-4-7-12(13)18(26)22-17/h4-5,7-8,11,15H,6,9-10H2,1-3H3,(H,23,24)(H,21,22,26). The summed E-state index contributed by atoms with van der Waals surface area (Å²) in [6.45, 7) is 6.82. The Kier molecular flexibility index (Phi) is 4.09. The summed E-state index contributed by atoms with van der Waals surface area (Å²) in [5.74, 6) is 0.399. The van der Waals surface area contributed by atoms with E-state index in [9.17, 15) is 9.59 Å². The third-order valence-electron chi connectivity index (χ3n) is 5.07. The van der Waals surface area contributed by atoms with Crippen molar-refractivity contribution in [2.24, 2.45) is 0 Å². The summed E-state index contributed by atoms with van der Waals surface area (Å²) in [5.41, 5.74) is 1.67. The van der Waals surface area contributed by atoms with Crippen LogP contribution >= 0.6 is 0 Å². The maximum atomic E-state index is 13.0. The largest absolute Gasteiger partial charge is 0.327 e. The third-order valence-corrected chi connectivity index (χ3v) is 5.07. The molecule has 2 aromatic heterocycles. The number of hydrogen-bond donors (Lipinski definition) is 2. The topological polar surface area (TPSA) is 94.7 Å². The maximum Gasteiger partial charge on any atom is 0.274 e. The number of fused-ring (bicyclic) bond motifs is 1. The zero-order valence-electron chi connectivity index (χ0n) is 15.7. The number of carbonyl (C=O) groups is 1. The molecule has 0 saturated carbocycles. The summed E-state index contributed by atoms with van der Waals surface area (Å²) in [5, 5.41) is 7.74. The second kappa shape index (κ2) is 6.33. The van der Waals surface area contributed by atoms with Crippen LogP contribution in [-0.2, 0) is 5.41 Å². The molecule has 1 atom stereocenters. The van der Waals surface area contributed by atoms with Gasteiger partial charge < -0.3 is 9.88 Å². The predicted octanol–water partition coefficient (Wildman–Crippen LogP) is 2.92. The van der Waals surface area contributed by atoms with E-state index in [1.165, 1.54) is 0 Å². The molecular weight excluding hydrogens is 342 g/mol. The lowest BCUT2D eigenvalue weighted by molar-refractivity contribution is 0.0724. The van der Waals surface area contributed by atoms with E-state index in [-0.39, 0.29) is 22.9 Å². The van der Waals surface area contributed by atoms with Gasteiger partial charge in [0.25, 0.3) is 11.5 Å². The molecule has 3 heterocycles. The van der Waals surface area contributed by atoms with Crippen LogP contribution in [0.15, 0.2) is 35.1 Å². The van der Waals surface area contributed by atoms with Crippen LogP contribution in [0.5, 0.6) is 0 Å². The number of rotatable bonds is 2. The van der Waals surface area contributed by atoms with E-state index in [1.54, 1.807) is 11.0 Å². The second-order valence-corrected chi connectivity index (χ2v) is 8.04. The molecule has 140 valence electrons. The Labute approximate surface area is 156 Å².